The van der Waals surface area contributed by atoms with E-state index in [2.05, 4.69) is 52.1 Å². The third-order valence-electron chi connectivity index (χ3n) is 9.31. The second-order valence-corrected chi connectivity index (χ2v) is 11.3. The van der Waals surface area contributed by atoms with E-state index in [1.165, 1.54) is 92.7 Å². The normalized spacial score (nSPS) is 30.2. The molecule has 2 aromatic heterocycles. The molecule has 3 saturated carbocycles. The second-order valence-electron chi connectivity index (χ2n) is 11.3. The zero-order chi connectivity index (χ0) is 22.2. The highest BCUT2D eigenvalue weighted by molar-refractivity contribution is 5.85. The fraction of sp³-hybridized carbons (Fsp3) is 0.567. The van der Waals surface area contributed by atoms with Crippen molar-refractivity contribution < 1.29 is 0 Å². The molecule has 3 heteroatoms. The smallest absolute Gasteiger partial charge is 0.0486 e. The van der Waals surface area contributed by atoms with Crippen molar-refractivity contribution in [2.24, 2.45) is 23.5 Å². The summed E-state index contributed by atoms with van der Waals surface area (Å²) in [4.78, 5) is 4.32. The third kappa shape index (κ3) is 4.25. The largest absolute Gasteiger partial charge is 0.344 e. The molecule has 174 valence electrons. The number of rotatable bonds is 7. The summed E-state index contributed by atoms with van der Waals surface area (Å²) < 4.78 is 2.69. The Hall–Kier alpha value is -2.13. The van der Waals surface area contributed by atoms with E-state index in [9.17, 15) is 0 Å². The van der Waals surface area contributed by atoms with E-state index < -0.39 is 0 Å². The molecular formula is C30H39N3. The molecule has 6 rings (SSSR count). The number of hydrogen-bond donors (Lipinski definition) is 1. The summed E-state index contributed by atoms with van der Waals surface area (Å²) in [6, 6.07) is 14.8. The van der Waals surface area contributed by atoms with Crippen molar-refractivity contribution in [3.8, 4) is 0 Å². The summed E-state index contributed by atoms with van der Waals surface area (Å²) in [5, 5.41) is 1.46. The second kappa shape index (κ2) is 9.25. The van der Waals surface area contributed by atoms with Gasteiger partial charge in [-0.2, -0.15) is 0 Å². The Morgan fingerprint density at radius 2 is 1.76 bits per heavy atom. The Bertz CT molecular complexity index is 1060. The van der Waals surface area contributed by atoms with Crippen LogP contribution in [0.25, 0.3) is 10.9 Å². The summed E-state index contributed by atoms with van der Waals surface area (Å²) in [6.45, 7) is 0. The van der Waals surface area contributed by atoms with E-state index in [1.807, 2.05) is 12.4 Å². The van der Waals surface area contributed by atoms with Gasteiger partial charge in [-0.05, 0) is 98.4 Å². The molecule has 0 saturated heterocycles. The molecule has 3 aliphatic carbocycles. The zero-order valence-corrected chi connectivity index (χ0v) is 19.9. The van der Waals surface area contributed by atoms with Gasteiger partial charge in [0, 0.05) is 47.5 Å². The first-order valence-corrected chi connectivity index (χ1v) is 13.5. The molecule has 2 N–H and O–H groups in total. The zero-order valence-electron chi connectivity index (χ0n) is 19.9. The predicted octanol–water partition coefficient (Wildman–Crippen LogP) is 7.22. The minimum Gasteiger partial charge on any atom is -0.344 e. The van der Waals surface area contributed by atoms with Crippen molar-refractivity contribution in [1.29, 1.82) is 0 Å². The maximum absolute atomic E-state index is 6.15. The van der Waals surface area contributed by atoms with Crippen molar-refractivity contribution in [3.63, 3.8) is 0 Å². The number of nitrogens with zero attached hydrogens (tertiary/aromatic N) is 2. The number of hydrogen-bond acceptors (Lipinski definition) is 2. The Morgan fingerprint density at radius 1 is 0.939 bits per heavy atom. The molecule has 0 aliphatic heterocycles. The van der Waals surface area contributed by atoms with Crippen LogP contribution in [0.4, 0.5) is 0 Å². The quantitative estimate of drug-likeness (QED) is 0.421. The third-order valence-corrected chi connectivity index (χ3v) is 9.31. The van der Waals surface area contributed by atoms with E-state index in [4.69, 9.17) is 5.73 Å². The van der Waals surface area contributed by atoms with Crippen molar-refractivity contribution >= 4 is 10.9 Å². The Labute approximate surface area is 198 Å². The molecule has 3 aromatic rings. The highest BCUT2D eigenvalue weighted by Gasteiger charge is 2.41. The average Bonchev–Trinajstić information content (AvgIpc) is 3.58. The van der Waals surface area contributed by atoms with Crippen molar-refractivity contribution in [1.82, 2.24) is 9.55 Å². The monoisotopic (exact) mass is 441 g/mol. The predicted molar refractivity (Wildman–Crippen MR) is 136 cm³/mol. The van der Waals surface area contributed by atoms with Gasteiger partial charge in [-0.25, -0.2) is 0 Å². The van der Waals surface area contributed by atoms with Crippen LogP contribution >= 0.6 is 0 Å². The lowest BCUT2D eigenvalue weighted by atomic mass is 9.81. The lowest BCUT2D eigenvalue weighted by molar-refractivity contribution is 0.302. The summed E-state index contributed by atoms with van der Waals surface area (Å²) in [6.07, 6.45) is 21.2. The summed E-state index contributed by atoms with van der Waals surface area (Å²) >= 11 is 0. The van der Waals surface area contributed by atoms with Crippen molar-refractivity contribution in [2.45, 2.75) is 88.6 Å². The van der Waals surface area contributed by atoms with Crippen LogP contribution in [-0.2, 0) is 0 Å². The molecule has 0 spiro atoms. The molecule has 33 heavy (non-hydrogen) atoms. The SMILES string of the molecule is NC1CCC(CCCC(c2ccncc2)c2cn(C3CC4CCC3C4)c3ccccc23)CC1. The van der Waals surface area contributed by atoms with E-state index in [-0.39, 0.29) is 0 Å². The Balaban J connectivity index is 1.30. The Kier molecular flexibility index (Phi) is 6.00. The van der Waals surface area contributed by atoms with Crippen molar-refractivity contribution in [3.05, 3.63) is 66.1 Å². The van der Waals surface area contributed by atoms with E-state index in [0.29, 0.717) is 18.0 Å². The van der Waals surface area contributed by atoms with Gasteiger partial charge in [0.25, 0.3) is 0 Å². The maximum atomic E-state index is 6.15. The van der Waals surface area contributed by atoms with Gasteiger partial charge in [-0.15, -0.1) is 0 Å². The average molecular weight is 442 g/mol. The molecule has 2 bridgehead atoms. The van der Waals surface area contributed by atoms with Gasteiger partial charge in [-0.3, -0.25) is 4.98 Å². The molecule has 0 amide bonds. The van der Waals surface area contributed by atoms with Gasteiger partial charge in [0.15, 0.2) is 0 Å². The van der Waals surface area contributed by atoms with Gasteiger partial charge < -0.3 is 10.3 Å². The first-order valence-electron chi connectivity index (χ1n) is 13.5. The number of nitrogens with two attached hydrogens (primary N) is 1. The van der Waals surface area contributed by atoms with E-state index in [0.717, 1.165) is 17.8 Å². The highest BCUT2D eigenvalue weighted by atomic mass is 15.0. The number of fused-ring (bicyclic) bond motifs is 3. The first-order chi connectivity index (χ1) is 16.3. The number of pyridine rings is 1. The minimum absolute atomic E-state index is 0.447. The number of para-hydroxylation sites is 1. The van der Waals surface area contributed by atoms with Crippen LogP contribution in [0.5, 0.6) is 0 Å². The molecule has 0 radical (unpaired) electrons. The van der Waals surface area contributed by atoms with Gasteiger partial charge in [-0.1, -0.05) is 37.5 Å². The summed E-state index contributed by atoms with van der Waals surface area (Å²) in [5.74, 6) is 3.17. The maximum Gasteiger partial charge on any atom is 0.0486 e. The van der Waals surface area contributed by atoms with Crippen LogP contribution in [0, 0.1) is 17.8 Å². The lowest BCUT2D eigenvalue weighted by Gasteiger charge is -2.26. The van der Waals surface area contributed by atoms with Crippen LogP contribution in [0.15, 0.2) is 55.0 Å². The van der Waals surface area contributed by atoms with Crippen LogP contribution in [-0.4, -0.2) is 15.6 Å². The number of aromatic nitrogens is 2. The van der Waals surface area contributed by atoms with Gasteiger partial charge in [0.05, 0.1) is 0 Å². The number of benzene rings is 1. The fourth-order valence-corrected chi connectivity index (χ4v) is 7.52. The molecular weight excluding hydrogens is 402 g/mol. The van der Waals surface area contributed by atoms with E-state index >= 15 is 0 Å². The van der Waals surface area contributed by atoms with E-state index in [1.54, 1.807) is 0 Å². The Morgan fingerprint density at radius 3 is 2.52 bits per heavy atom. The summed E-state index contributed by atoms with van der Waals surface area (Å²) in [5.41, 5.74) is 10.6. The van der Waals surface area contributed by atoms with Crippen LogP contribution in [0.3, 0.4) is 0 Å². The lowest BCUT2D eigenvalue weighted by Crippen LogP contribution is -2.26. The fourth-order valence-electron chi connectivity index (χ4n) is 7.52. The first kappa shape index (κ1) is 21.4. The van der Waals surface area contributed by atoms with Crippen LogP contribution in [0.2, 0.25) is 0 Å². The highest BCUT2D eigenvalue weighted by Crippen LogP contribution is 2.52. The van der Waals surface area contributed by atoms with Crippen LogP contribution < -0.4 is 5.73 Å². The molecule has 3 nitrogen and oxygen atoms in total. The van der Waals surface area contributed by atoms with Crippen LogP contribution in [0.1, 0.15) is 93.7 Å². The molecule has 3 fully saturated rings. The molecule has 1 aromatic carbocycles. The topological polar surface area (TPSA) is 43.8 Å². The minimum atomic E-state index is 0.447. The molecule has 4 atom stereocenters. The standard InChI is InChI=1S/C30H39N3/c31-25-12-9-21(10-13-25)4-3-6-26(23-14-16-32-17-15-23)28-20-33(29-7-2-1-5-27(28)29)30-19-22-8-11-24(30)18-22/h1-2,5,7,14-17,20-22,24-26,30H,3-4,6,8-13,18-19,31H2. The van der Waals surface area contributed by atoms with Gasteiger partial charge in [0.1, 0.15) is 0 Å². The molecule has 2 heterocycles. The summed E-state index contributed by atoms with van der Waals surface area (Å²) in [7, 11) is 0. The molecule has 4 unspecified atom stereocenters. The molecule has 3 aliphatic rings. The van der Waals surface area contributed by atoms with Gasteiger partial charge >= 0.3 is 0 Å². The van der Waals surface area contributed by atoms with Gasteiger partial charge in [0.2, 0.25) is 0 Å². The van der Waals surface area contributed by atoms with Crippen molar-refractivity contribution in [2.75, 3.05) is 0 Å².